The molecule has 0 saturated heterocycles. The first kappa shape index (κ1) is 9.73. The van der Waals surface area contributed by atoms with Gasteiger partial charge in [-0.05, 0) is 18.2 Å². The fourth-order valence-electron chi connectivity index (χ4n) is 1.41. The second-order valence-corrected chi connectivity index (χ2v) is 3.49. The standard InChI is InChI=1S/C10H7ClN2O2/c11-5-1-2-6-7(3-5)8(10(14)15)4-13-9(6)12/h1-4H,(H2,12,13)(H,14,15). The number of aromatic carboxylic acids is 1. The van der Waals surface area contributed by atoms with Gasteiger partial charge in [0.2, 0.25) is 0 Å². The van der Waals surface area contributed by atoms with Crippen molar-refractivity contribution in [3.8, 4) is 0 Å². The fourth-order valence-corrected chi connectivity index (χ4v) is 1.58. The van der Waals surface area contributed by atoms with Gasteiger partial charge < -0.3 is 10.8 Å². The Hall–Kier alpha value is -1.81. The molecule has 0 atom stereocenters. The number of anilines is 1. The van der Waals surface area contributed by atoms with Crippen LogP contribution < -0.4 is 5.73 Å². The van der Waals surface area contributed by atoms with Crippen LogP contribution in [-0.4, -0.2) is 16.1 Å². The molecule has 5 heteroatoms. The number of fused-ring (bicyclic) bond motifs is 1. The Bertz CT molecular complexity index is 554. The average Bonchev–Trinajstić information content (AvgIpc) is 2.17. The normalized spacial score (nSPS) is 10.5. The first-order valence-corrected chi connectivity index (χ1v) is 4.54. The molecule has 2 aromatic rings. The number of nitrogens with zero attached hydrogens (tertiary/aromatic N) is 1. The summed E-state index contributed by atoms with van der Waals surface area (Å²) in [5.41, 5.74) is 5.73. The number of rotatable bonds is 1. The van der Waals surface area contributed by atoms with Crippen molar-refractivity contribution in [3.05, 3.63) is 35.0 Å². The molecule has 0 aliphatic carbocycles. The largest absolute Gasteiger partial charge is 0.478 e. The summed E-state index contributed by atoms with van der Waals surface area (Å²) >= 11 is 5.79. The van der Waals surface area contributed by atoms with E-state index in [1.54, 1.807) is 18.2 Å². The summed E-state index contributed by atoms with van der Waals surface area (Å²) in [6, 6.07) is 4.87. The second-order valence-electron chi connectivity index (χ2n) is 3.05. The molecule has 1 heterocycles. The minimum atomic E-state index is -1.05. The number of hydrogen-bond acceptors (Lipinski definition) is 3. The Labute approximate surface area is 90.3 Å². The Morgan fingerprint density at radius 1 is 1.40 bits per heavy atom. The number of aromatic nitrogens is 1. The molecule has 0 unspecified atom stereocenters. The van der Waals surface area contributed by atoms with Gasteiger partial charge in [-0.25, -0.2) is 9.78 Å². The topological polar surface area (TPSA) is 76.2 Å². The Morgan fingerprint density at radius 2 is 2.13 bits per heavy atom. The van der Waals surface area contributed by atoms with Crippen LogP contribution in [0.25, 0.3) is 10.8 Å². The summed E-state index contributed by atoms with van der Waals surface area (Å²) in [4.78, 5) is 14.7. The van der Waals surface area contributed by atoms with Crippen LogP contribution in [0.5, 0.6) is 0 Å². The van der Waals surface area contributed by atoms with Crippen molar-refractivity contribution >= 4 is 34.2 Å². The maximum absolute atomic E-state index is 10.9. The third kappa shape index (κ3) is 1.59. The first-order valence-electron chi connectivity index (χ1n) is 4.16. The zero-order valence-electron chi connectivity index (χ0n) is 7.57. The van der Waals surface area contributed by atoms with E-state index in [2.05, 4.69) is 4.98 Å². The molecule has 2 rings (SSSR count). The molecule has 0 aliphatic heterocycles. The van der Waals surface area contributed by atoms with Crippen LogP contribution in [0.2, 0.25) is 5.02 Å². The van der Waals surface area contributed by atoms with Crippen LogP contribution in [0.1, 0.15) is 10.4 Å². The van der Waals surface area contributed by atoms with Crippen LogP contribution in [0, 0.1) is 0 Å². The first-order chi connectivity index (χ1) is 7.09. The van der Waals surface area contributed by atoms with Crippen molar-refractivity contribution in [1.82, 2.24) is 4.98 Å². The number of nitrogen functional groups attached to an aromatic ring is 1. The SMILES string of the molecule is Nc1ncc(C(=O)O)c2cc(Cl)ccc12. The van der Waals surface area contributed by atoms with Crippen molar-refractivity contribution in [3.63, 3.8) is 0 Å². The van der Waals surface area contributed by atoms with E-state index in [9.17, 15) is 4.79 Å². The zero-order chi connectivity index (χ0) is 11.0. The number of benzene rings is 1. The van der Waals surface area contributed by atoms with Gasteiger partial charge in [0.05, 0.1) is 5.56 Å². The van der Waals surface area contributed by atoms with Gasteiger partial charge in [0, 0.05) is 22.0 Å². The third-order valence-electron chi connectivity index (χ3n) is 2.11. The summed E-state index contributed by atoms with van der Waals surface area (Å²) in [5.74, 6) is -0.749. The minimum absolute atomic E-state index is 0.0988. The van der Waals surface area contributed by atoms with E-state index in [0.29, 0.717) is 21.6 Å². The Kier molecular flexibility index (Phi) is 2.21. The van der Waals surface area contributed by atoms with Crippen molar-refractivity contribution in [2.75, 3.05) is 5.73 Å². The molecular formula is C10H7ClN2O2. The lowest BCUT2D eigenvalue weighted by molar-refractivity contribution is 0.0698. The lowest BCUT2D eigenvalue weighted by Gasteiger charge is -2.04. The van der Waals surface area contributed by atoms with Crippen LogP contribution in [0.4, 0.5) is 5.82 Å². The predicted molar refractivity (Wildman–Crippen MR) is 58.1 cm³/mol. The Balaban J connectivity index is 2.90. The minimum Gasteiger partial charge on any atom is -0.478 e. The van der Waals surface area contributed by atoms with E-state index in [0.717, 1.165) is 0 Å². The molecule has 76 valence electrons. The Morgan fingerprint density at radius 3 is 2.80 bits per heavy atom. The molecule has 4 nitrogen and oxygen atoms in total. The van der Waals surface area contributed by atoms with Crippen molar-refractivity contribution < 1.29 is 9.90 Å². The molecule has 0 aliphatic rings. The fraction of sp³-hybridized carbons (Fsp3) is 0. The maximum atomic E-state index is 10.9. The summed E-state index contributed by atoms with van der Waals surface area (Å²) in [7, 11) is 0. The highest BCUT2D eigenvalue weighted by Crippen LogP contribution is 2.25. The summed E-state index contributed by atoms with van der Waals surface area (Å²) < 4.78 is 0. The molecule has 0 amide bonds. The van der Waals surface area contributed by atoms with Crippen LogP contribution in [-0.2, 0) is 0 Å². The molecule has 0 bridgehead atoms. The molecule has 15 heavy (non-hydrogen) atoms. The number of hydrogen-bond donors (Lipinski definition) is 2. The van der Waals surface area contributed by atoms with Crippen LogP contribution in [0.15, 0.2) is 24.4 Å². The number of carbonyl (C=O) groups is 1. The third-order valence-corrected chi connectivity index (χ3v) is 2.35. The molecule has 0 radical (unpaired) electrons. The number of halogens is 1. The van der Waals surface area contributed by atoms with Crippen molar-refractivity contribution in [2.24, 2.45) is 0 Å². The predicted octanol–water partition coefficient (Wildman–Crippen LogP) is 2.17. The molecule has 0 saturated carbocycles. The van der Waals surface area contributed by atoms with Gasteiger partial charge in [0.25, 0.3) is 0 Å². The van der Waals surface area contributed by atoms with Gasteiger partial charge in [-0.3, -0.25) is 0 Å². The highest BCUT2D eigenvalue weighted by Gasteiger charge is 2.11. The number of pyridine rings is 1. The molecule has 1 aromatic heterocycles. The molecule has 3 N–H and O–H groups in total. The lowest BCUT2D eigenvalue weighted by atomic mass is 10.1. The van der Waals surface area contributed by atoms with Crippen LogP contribution in [0.3, 0.4) is 0 Å². The van der Waals surface area contributed by atoms with E-state index in [4.69, 9.17) is 22.4 Å². The number of carboxylic acid groups (broad SMARTS) is 1. The lowest BCUT2D eigenvalue weighted by Crippen LogP contribution is -2.01. The number of carboxylic acids is 1. The quantitative estimate of drug-likeness (QED) is 0.775. The van der Waals surface area contributed by atoms with E-state index < -0.39 is 5.97 Å². The van der Waals surface area contributed by atoms with Gasteiger partial charge >= 0.3 is 5.97 Å². The van der Waals surface area contributed by atoms with Gasteiger partial charge in [-0.2, -0.15) is 0 Å². The smallest absolute Gasteiger partial charge is 0.337 e. The van der Waals surface area contributed by atoms with E-state index in [1.165, 1.54) is 6.20 Å². The summed E-state index contributed by atoms with van der Waals surface area (Å²) in [6.45, 7) is 0. The monoisotopic (exact) mass is 222 g/mol. The van der Waals surface area contributed by atoms with Gasteiger partial charge in [0.1, 0.15) is 5.82 Å². The highest BCUT2D eigenvalue weighted by molar-refractivity contribution is 6.31. The average molecular weight is 223 g/mol. The van der Waals surface area contributed by atoms with Crippen molar-refractivity contribution in [2.45, 2.75) is 0 Å². The van der Waals surface area contributed by atoms with Gasteiger partial charge in [-0.15, -0.1) is 0 Å². The van der Waals surface area contributed by atoms with Gasteiger partial charge in [0.15, 0.2) is 0 Å². The van der Waals surface area contributed by atoms with Crippen molar-refractivity contribution in [1.29, 1.82) is 0 Å². The van der Waals surface area contributed by atoms with E-state index in [-0.39, 0.29) is 5.56 Å². The summed E-state index contributed by atoms with van der Waals surface area (Å²) in [6.07, 6.45) is 1.23. The van der Waals surface area contributed by atoms with E-state index in [1.807, 2.05) is 0 Å². The van der Waals surface area contributed by atoms with E-state index >= 15 is 0 Å². The molecule has 0 fully saturated rings. The summed E-state index contributed by atoms with van der Waals surface area (Å²) in [5, 5.41) is 10.5. The van der Waals surface area contributed by atoms with Crippen LogP contribution >= 0.6 is 11.6 Å². The maximum Gasteiger partial charge on any atom is 0.337 e. The second kappa shape index (κ2) is 3.40. The molecule has 1 aromatic carbocycles. The van der Waals surface area contributed by atoms with Gasteiger partial charge in [-0.1, -0.05) is 11.6 Å². The highest BCUT2D eigenvalue weighted by atomic mass is 35.5. The molecule has 0 spiro atoms. The molecular weight excluding hydrogens is 216 g/mol. The number of nitrogens with two attached hydrogens (primary N) is 1. The zero-order valence-corrected chi connectivity index (χ0v) is 8.32.